The first-order valence-electron chi connectivity index (χ1n) is 5.38. The molecule has 0 spiro atoms. The minimum absolute atomic E-state index is 0.928. The third-order valence-electron chi connectivity index (χ3n) is 2.17. The molecule has 0 atom stereocenters. The zero-order valence-electron chi connectivity index (χ0n) is 9.27. The van der Waals surface area contributed by atoms with Crippen LogP contribution in [0.4, 0.5) is 5.69 Å². The summed E-state index contributed by atoms with van der Waals surface area (Å²) in [6.45, 7) is 0.928. The van der Waals surface area contributed by atoms with E-state index < -0.39 is 0 Å². The largest absolute Gasteiger partial charge is 0.384 e. The molecule has 0 saturated carbocycles. The number of hydrogen-bond donors (Lipinski definition) is 1. The molecule has 0 saturated heterocycles. The number of pyridine rings is 1. The van der Waals surface area contributed by atoms with E-state index in [4.69, 9.17) is 0 Å². The lowest BCUT2D eigenvalue weighted by Crippen LogP contribution is -2.03. The molecule has 4 heteroatoms. The summed E-state index contributed by atoms with van der Waals surface area (Å²) in [4.78, 5) is 4.31. The number of thioether (sulfide) groups is 1. The normalized spacial score (nSPS) is 10.2. The Bertz CT molecular complexity index is 462. The maximum absolute atomic E-state index is 4.31. The van der Waals surface area contributed by atoms with Crippen molar-refractivity contribution < 1.29 is 0 Å². The van der Waals surface area contributed by atoms with Crippen molar-refractivity contribution in [3.8, 4) is 0 Å². The van der Waals surface area contributed by atoms with Crippen LogP contribution >= 0.6 is 27.7 Å². The first-order valence-corrected chi connectivity index (χ1v) is 7.16. The van der Waals surface area contributed by atoms with Crippen LogP contribution in [0.5, 0.6) is 0 Å². The van der Waals surface area contributed by atoms with Gasteiger partial charge in [-0.1, -0.05) is 18.2 Å². The van der Waals surface area contributed by atoms with Crippen molar-refractivity contribution in [2.45, 2.75) is 5.03 Å². The Morgan fingerprint density at radius 1 is 1.12 bits per heavy atom. The monoisotopic (exact) mass is 308 g/mol. The van der Waals surface area contributed by atoms with Gasteiger partial charge in [0, 0.05) is 28.7 Å². The van der Waals surface area contributed by atoms with E-state index in [2.05, 4.69) is 38.4 Å². The van der Waals surface area contributed by atoms with Crippen molar-refractivity contribution in [1.29, 1.82) is 0 Å². The van der Waals surface area contributed by atoms with Crippen LogP contribution in [0.25, 0.3) is 0 Å². The highest BCUT2D eigenvalue weighted by Gasteiger charge is 2.00. The van der Waals surface area contributed by atoms with Crippen molar-refractivity contribution in [2.75, 3.05) is 17.6 Å². The summed E-state index contributed by atoms with van der Waals surface area (Å²) in [6.07, 6.45) is 1.82. The average Bonchev–Trinajstić information content (AvgIpc) is 2.38. The summed E-state index contributed by atoms with van der Waals surface area (Å²) >= 11 is 5.24. The molecule has 2 rings (SSSR count). The standard InChI is InChI=1S/C13H13BrN2S/c14-12-7-4-8-16-13(12)17-10-9-15-11-5-2-1-3-6-11/h1-8,15H,9-10H2. The van der Waals surface area contributed by atoms with E-state index in [1.807, 2.05) is 36.5 Å². The van der Waals surface area contributed by atoms with Crippen LogP contribution in [0.15, 0.2) is 58.2 Å². The van der Waals surface area contributed by atoms with Gasteiger partial charge in [-0.05, 0) is 40.2 Å². The van der Waals surface area contributed by atoms with Crippen molar-refractivity contribution in [2.24, 2.45) is 0 Å². The molecule has 1 N–H and O–H groups in total. The molecular formula is C13H13BrN2S. The van der Waals surface area contributed by atoms with Crippen molar-refractivity contribution in [3.05, 3.63) is 53.1 Å². The third kappa shape index (κ3) is 4.06. The molecule has 0 aliphatic heterocycles. The molecule has 1 heterocycles. The number of nitrogens with one attached hydrogen (secondary N) is 1. The van der Waals surface area contributed by atoms with Crippen LogP contribution < -0.4 is 5.32 Å². The van der Waals surface area contributed by atoms with Gasteiger partial charge in [0.1, 0.15) is 5.03 Å². The fourth-order valence-electron chi connectivity index (χ4n) is 1.38. The summed E-state index contributed by atoms with van der Waals surface area (Å²) in [5.74, 6) is 0.991. The Hall–Kier alpha value is -1.00. The van der Waals surface area contributed by atoms with Gasteiger partial charge in [-0.2, -0.15) is 0 Å². The van der Waals surface area contributed by atoms with Crippen molar-refractivity contribution in [3.63, 3.8) is 0 Å². The highest BCUT2D eigenvalue weighted by atomic mass is 79.9. The van der Waals surface area contributed by atoms with Gasteiger partial charge in [-0.3, -0.25) is 0 Å². The van der Waals surface area contributed by atoms with E-state index in [9.17, 15) is 0 Å². The fraction of sp³-hybridized carbons (Fsp3) is 0.154. The summed E-state index contributed by atoms with van der Waals surface area (Å²) in [7, 11) is 0. The van der Waals surface area contributed by atoms with Crippen LogP contribution in [0, 0.1) is 0 Å². The maximum atomic E-state index is 4.31. The Kier molecular flexibility index (Phi) is 4.88. The minimum Gasteiger partial charge on any atom is -0.384 e. The predicted octanol–water partition coefficient (Wildman–Crippen LogP) is 4.05. The quantitative estimate of drug-likeness (QED) is 0.666. The molecule has 0 aliphatic rings. The summed E-state index contributed by atoms with van der Waals surface area (Å²) in [5, 5.41) is 4.41. The second-order valence-electron chi connectivity index (χ2n) is 3.43. The van der Waals surface area contributed by atoms with E-state index in [1.165, 1.54) is 0 Å². The summed E-state index contributed by atoms with van der Waals surface area (Å²) < 4.78 is 1.06. The number of benzene rings is 1. The number of halogens is 1. The highest BCUT2D eigenvalue weighted by Crippen LogP contribution is 2.24. The van der Waals surface area contributed by atoms with Crippen LogP contribution in [-0.4, -0.2) is 17.3 Å². The summed E-state index contributed by atoms with van der Waals surface area (Å²) in [6, 6.07) is 14.2. The fourth-order valence-corrected chi connectivity index (χ4v) is 2.71. The molecule has 0 aliphatic carbocycles. The molecule has 2 aromatic rings. The van der Waals surface area contributed by atoms with E-state index in [0.717, 1.165) is 27.5 Å². The Morgan fingerprint density at radius 3 is 2.71 bits per heavy atom. The van der Waals surface area contributed by atoms with Crippen molar-refractivity contribution in [1.82, 2.24) is 4.98 Å². The Morgan fingerprint density at radius 2 is 1.94 bits per heavy atom. The van der Waals surface area contributed by atoms with Crippen molar-refractivity contribution >= 4 is 33.4 Å². The number of para-hydroxylation sites is 1. The molecule has 0 fully saturated rings. The van der Waals surface area contributed by atoms with Gasteiger partial charge in [-0.15, -0.1) is 11.8 Å². The first-order chi connectivity index (χ1) is 8.36. The van der Waals surface area contributed by atoms with Gasteiger partial charge in [0.15, 0.2) is 0 Å². The third-order valence-corrected chi connectivity index (χ3v) is 4.08. The molecule has 1 aromatic carbocycles. The highest BCUT2D eigenvalue weighted by molar-refractivity contribution is 9.10. The SMILES string of the molecule is Brc1cccnc1SCCNc1ccccc1. The maximum Gasteiger partial charge on any atom is 0.110 e. The van der Waals surface area contributed by atoms with E-state index >= 15 is 0 Å². The van der Waals surface area contributed by atoms with Gasteiger partial charge >= 0.3 is 0 Å². The van der Waals surface area contributed by atoms with Crippen LogP contribution in [0.1, 0.15) is 0 Å². The van der Waals surface area contributed by atoms with E-state index in [-0.39, 0.29) is 0 Å². The second kappa shape index (κ2) is 6.67. The lowest BCUT2D eigenvalue weighted by Gasteiger charge is -2.06. The molecule has 2 nitrogen and oxygen atoms in total. The molecule has 0 bridgehead atoms. The molecular weight excluding hydrogens is 296 g/mol. The van der Waals surface area contributed by atoms with Gasteiger partial charge in [0.05, 0.1) is 0 Å². The Balaban J connectivity index is 1.76. The predicted molar refractivity (Wildman–Crippen MR) is 77.6 cm³/mol. The van der Waals surface area contributed by atoms with Gasteiger partial charge in [0.25, 0.3) is 0 Å². The molecule has 0 amide bonds. The minimum atomic E-state index is 0.928. The first kappa shape index (κ1) is 12.5. The molecule has 88 valence electrons. The lowest BCUT2D eigenvalue weighted by molar-refractivity contribution is 1.10. The smallest absolute Gasteiger partial charge is 0.110 e. The van der Waals surface area contributed by atoms with E-state index in [0.29, 0.717) is 0 Å². The molecule has 1 aromatic heterocycles. The van der Waals surface area contributed by atoms with Gasteiger partial charge in [-0.25, -0.2) is 4.98 Å². The lowest BCUT2D eigenvalue weighted by atomic mass is 10.3. The second-order valence-corrected chi connectivity index (χ2v) is 5.37. The number of hydrogen-bond acceptors (Lipinski definition) is 3. The molecule has 0 radical (unpaired) electrons. The topological polar surface area (TPSA) is 24.9 Å². The molecule has 17 heavy (non-hydrogen) atoms. The number of aromatic nitrogens is 1. The van der Waals surface area contributed by atoms with E-state index in [1.54, 1.807) is 11.8 Å². The number of rotatable bonds is 5. The zero-order valence-corrected chi connectivity index (χ0v) is 11.7. The van der Waals surface area contributed by atoms with Crippen LogP contribution in [0.2, 0.25) is 0 Å². The zero-order chi connectivity index (χ0) is 11.9. The average molecular weight is 309 g/mol. The van der Waals surface area contributed by atoms with Crippen LogP contribution in [0.3, 0.4) is 0 Å². The molecule has 0 unspecified atom stereocenters. The number of nitrogens with zero attached hydrogens (tertiary/aromatic N) is 1. The van der Waals surface area contributed by atoms with Crippen LogP contribution in [-0.2, 0) is 0 Å². The summed E-state index contributed by atoms with van der Waals surface area (Å²) in [5.41, 5.74) is 1.16. The van der Waals surface area contributed by atoms with Gasteiger partial charge < -0.3 is 5.32 Å². The number of anilines is 1. The van der Waals surface area contributed by atoms with Gasteiger partial charge in [0.2, 0.25) is 0 Å². The Labute approximate surface area is 114 Å².